The van der Waals surface area contributed by atoms with Crippen LogP contribution >= 0.6 is 0 Å². The number of rotatable bonds is 5. The normalized spacial score (nSPS) is 17.0. The molecule has 6 heteroatoms. The van der Waals surface area contributed by atoms with Gasteiger partial charge in [-0.05, 0) is 32.8 Å². The molecule has 4 rings (SSSR count). The number of hydrogen-bond acceptors (Lipinski definition) is 5. The Hall–Kier alpha value is -2.47. The summed E-state index contributed by atoms with van der Waals surface area (Å²) in [5.74, 6) is -0.678. The summed E-state index contributed by atoms with van der Waals surface area (Å²) < 4.78 is 5.39. The summed E-state index contributed by atoms with van der Waals surface area (Å²) in [6.07, 6.45) is 2.82. The largest absolute Gasteiger partial charge is 0.452 e. The van der Waals surface area contributed by atoms with Crippen LogP contribution in [0.25, 0.3) is 10.9 Å². The smallest absolute Gasteiger partial charge is 0.339 e. The number of aromatic nitrogens is 1. The number of nitrogens with zero attached hydrogens (tertiary/aromatic N) is 2. The molecule has 27 heavy (non-hydrogen) atoms. The van der Waals surface area contributed by atoms with Crippen LogP contribution in [0.15, 0.2) is 24.3 Å². The predicted octanol–water partition coefficient (Wildman–Crippen LogP) is 2.44. The Morgan fingerprint density at radius 2 is 2.07 bits per heavy atom. The van der Waals surface area contributed by atoms with E-state index in [4.69, 9.17) is 9.72 Å². The average Bonchev–Trinajstić information content (AvgIpc) is 3.47. The van der Waals surface area contributed by atoms with Crippen molar-refractivity contribution in [3.63, 3.8) is 0 Å². The van der Waals surface area contributed by atoms with E-state index in [0.29, 0.717) is 18.2 Å². The van der Waals surface area contributed by atoms with Crippen LogP contribution < -0.4 is 5.32 Å². The van der Waals surface area contributed by atoms with E-state index in [1.54, 1.807) is 0 Å². The molecule has 1 aliphatic carbocycles. The van der Waals surface area contributed by atoms with Crippen molar-refractivity contribution in [2.45, 2.75) is 51.7 Å². The van der Waals surface area contributed by atoms with Crippen molar-refractivity contribution in [1.29, 1.82) is 0 Å². The standard InChI is InChI=1S/C21H25N3O3/c1-13(2)24-10-9-18-16(11-24)20(15-5-3-4-6-17(15)23-18)21(26)27-12-19(25)22-14-7-8-14/h3-6,13-14H,7-12H2,1-2H3,(H,22,25). The molecule has 6 nitrogen and oxygen atoms in total. The topological polar surface area (TPSA) is 71.5 Å². The number of esters is 1. The van der Waals surface area contributed by atoms with Gasteiger partial charge in [0, 0.05) is 48.2 Å². The van der Waals surface area contributed by atoms with E-state index in [1.807, 2.05) is 24.3 Å². The first-order valence-electron chi connectivity index (χ1n) is 9.64. The summed E-state index contributed by atoms with van der Waals surface area (Å²) in [6, 6.07) is 8.28. The highest BCUT2D eigenvalue weighted by atomic mass is 16.5. The number of carbonyl (C=O) groups excluding carboxylic acids is 2. The number of carbonyl (C=O) groups is 2. The van der Waals surface area contributed by atoms with Crippen molar-refractivity contribution in [2.75, 3.05) is 13.2 Å². The summed E-state index contributed by atoms with van der Waals surface area (Å²) >= 11 is 0. The lowest BCUT2D eigenvalue weighted by Crippen LogP contribution is -2.37. The minimum atomic E-state index is -0.443. The van der Waals surface area contributed by atoms with Crippen LogP contribution in [0.2, 0.25) is 0 Å². The van der Waals surface area contributed by atoms with Crippen LogP contribution in [0.5, 0.6) is 0 Å². The summed E-state index contributed by atoms with van der Waals surface area (Å²) in [5.41, 5.74) is 3.24. The minimum absolute atomic E-state index is 0.234. The number of amides is 1. The Morgan fingerprint density at radius 1 is 1.30 bits per heavy atom. The molecule has 1 aromatic carbocycles. The van der Waals surface area contributed by atoms with Crippen LogP contribution in [0.3, 0.4) is 0 Å². The van der Waals surface area contributed by atoms with E-state index in [0.717, 1.165) is 48.0 Å². The van der Waals surface area contributed by atoms with E-state index in [2.05, 4.69) is 24.1 Å². The molecule has 0 radical (unpaired) electrons. The molecular weight excluding hydrogens is 342 g/mol. The molecule has 2 aromatic rings. The number of hydrogen-bond donors (Lipinski definition) is 1. The maximum absolute atomic E-state index is 13.0. The van der Waals surface area contributed by atoms with E-state index < -0.39 is 5.97 Å². The van der Waals surface area contributed by atoms with Gasteiger partial charge in [-0.3, -0.25) is 14.7 Å². The van der Waals surface area contributed by atoms with Gasteiger partial charge in [0.05, 0.1) is 11.1 Å². The van der Waals surface area contributed by atoms with Gasteiger partial charge in [-0.25, -0.2) is 4.79 Å². The lowest BCUT2D eigenvalue weighted by atomic mass is 9.95. The second-order valence-corrected chi connectivity index (χ2v) is 7.66. The maximum Gasteiger partial charge on any atom is 0.339 e. The molecular formula is C21H25N3O3. The quantitative estimate of drug-likeness (QED) is 0.822. The van der Waals surface area contributed by atoms with Crippen molar-refractivity contribution in [1.82, 2.24) is 15.2 Å². The lowest BCUT2D eigenvalue weighted by molar-refractivity contribution is -0.124. The Balaban J connectivity index is 1.65. The van der Waals surface area contributed by atoms with Gasteiger partial charge >= 0.3 is 5.97 Å². The zero-order valence-electron chi connectivity index (χ0n) is 15.8. The molecule has 1 aromatic heterocycles. The molecule has 1 amide bonds. The van der Waals surface area contributed by atoms with E-state index in [-0.39, 0.29) is 18.6 Å². The summed E-state index contributed by atoms with van der Waals surface area (Å²) in [7, 11) is 0. The van der Waals surface area contributed by atoms with Gasteiger partial charge in [0.25, 0.3) is 5.91 Å². The second kappa shape index (κ2) is 7.27. The number of ether oxygens (including phenoxy) is 1. The molecule has 0 spiro atoms. The van der Waals surface area contributed by atoms with Crippen molar-refractivity contribution in [3.8, 4) is 0 Å². The fourth-order valence-electron chi connectivity index (χ4n) is 3.59. The highest BCUT2D eigenvalue weighted by Gasteiger charge is 2.28. The van der Waals surface area contributed by atoms with E-state index in [9.17, 15) is 9.59 Å². The highest BCUT2D eigenvalue weighted by molar-refractivity contribution is 6.05. The molecule has 1 N–H and O–H groups in total. The SMILES string of the molecule is CC(C)N1CCc2nc3ccccc3c(C(=O)OCC(=O)NC3CC3)c2C1. The molecule has 0 saturated heterocycles. The first kappa shape index (κ1) is 17.9. The van der Waals surface area contributed by atoms with Crippen LogP contribution in [-0.4, -0.2) is 47.0 Å². The van der Waals surface area contributed by atoms with Crippen molar-refractivity contribution < 1.29 is 14.3 Å². The van der Waals surface area contributed by atoms with Gasteiger partial charge in [0.15, 0.2) is 6.61 Å². The number of para-hydroxylation sites is 1. The number of fused-ring (bicyclic) bond motifs is 2. The lowest BCUT2D eigenvalue weighted by Gasteiger charge is -2.32. The van der Waals surface area contributed by atoms with Crippen LogP contribution in [0.1, 0.15) is 48.3 Å². The van der Waals surface area contributed by atoms with E-state index >= 15 is 0 Å². The first-order chi connectivity index (χ1) is 13.0. The van der Waals surface area contributed by atoms with Gasteiger partial charge < -0.3 is 10.1 Å². The third-order valence-electron chi connectivity index (χ3n) is 5.29. The second-order valence-electron chi connectivity index (χ2n) is 7.66. The average molecular weight is 367 g/mol. The Morgan fingerprint density at radius 3 is 2.81 bits per heavy atom. The molecule has 0 unspecified atom stereocenters. The number of nitrogens with one attached hydrogen (secondary N) is 1. The highest BCUT2D eigenvalue weighted by Crippen LogP contribution is 2.29. The van der Waals surface area contributed by atoms with E-state index in [1.165, 1.54) is 0 Å². The zero-order valence-corrected chi connectivity index (χ0v) is 15.8. The Labute approximate surface area is 158 Å². The van der Waals surface area contributed by atoms with Crippen LogP contribution in [0.4, 0.5) is 0 Å². The van der Waals surface area contributed by atoms with Crippen molar-refractivity contribution in [3.05, 3.63) is 41.1 Å². The van der Waals surface area contributed by atoms with Crippen LogP contribution in [0, 0.1) is 0 Å². The third-order valence-corrected chi connectivity index (χ3v) is 5.29. The maximum atomic E-state index is 13.0. The Kier molecular flexibility index (Phi) is 4.83. The fraction of sp³-hybridized carbons (Fsp3) is 0.476. The molecule has 1 saturated carbocycles. The zero-order chi connectivity index (χ0) is 19.0. The van der Waals surface area contributed by atoms with Crippen molar-refractivity contribution >= 4 is 22.8 Å². The van der Waals surface area contributed by atoms with Gasteiger partial charge in [0.1, 0.15) is 0 Å². The third kappa shape index (κ3) is 3.81. The number of benzene rings is 1. The fourth-order valence-corrected chi connectivity index (χ4v) is 3.59. The molecule has 1 fully saturated rings. The summed E-state index contributed by atoms with van der Waals surface area (Å²) in [4.78, 5) is 32.0. The summed E-state index contributed by atoms with van der Waals surface area (Å²) in [5, 5.41) is 3.63. The van der Waals surface area contributed by atoms with Gasteiger partial charge in [-0.15, -0.1) is 0 Å². The predicted molar refractivity (Wildman–Crippen MR) is 102 cm³/mol. The summed E-state index contributed by atoms with van der Waals surface area (Å²) in [6.45, 7) is 5.66. The molecule has 2 heterocycles. The molecule has 2 aliphatic rings. The molecule has 1 aliphatic heterocycles. The molecule has 142 valence electrons. The Bertz CT molecular complexity index is 890. The first-order valence-corrected chi connectivity index (χ1v) is 9.64. The van der Waals surface area contributed by atoms with Crippen LogP contribution in [-0.2, 0) is 22.5 Å². The van der Waals surface area contributed by atoms with Gasteiger partial charge in [0.2, 0.25) is 0 Å². The van der Waals surface area contributed by atoms with Gasteiger partial charge in [-0.2, -0.15) is 0 Å². The molecule has 0 atom stereocenters. The monoisotopic (exact) mass is 367 g/mol. The molecule has 0 bridgehead atoms. The van der Waals surface area contributed by atoms with Gasteiger partial charge in [-0.1, -0.05) is 18.2 Å². The number of pyridine rings is 1. The minimum Gasteiger partial charge on any atom is -0.452 e. The van der Waals surface area contributed by atoms with Crippen molar-refractivity contribution in [2.24, 2.45) is 0 Å².